The summed E-state index contributed by atoms with van der Waals surface area (Å²) in [5.41, 5.74) is 3.77. The lowest BCUT2D eigenvalue weighted by molar-refractivity contribution is 0.408. The van der Waals surface area contributed by atoms with Gasteiger partial charge in [0.2, 0.25) is 0 Å². The third-order valence-corrected chi connectivity index (χ3v) is 7.70. The summed E-state index contributed by atoms with van der Waals surface area (Å²) in [6.45, 7) is 1.57. The maximum atomic E-state index is 13.3. The third-order valence-electron chi connectivity index (χ3n) is 6.54. The van der Waals surface area contributed by atoms with E-state index in [-0.39, 0.29) is 5.56 Å². The highest BCUT2D eigenvalue weighted by Gasteiger charge is 2.25. The minimum Gasteiger partial charge on any atom is -0.496 e. The van der Waals surface area contributed by atoms with E-state index in [1.807, 2.05) is 24.3 Å². The van der Waals surface area contributed by atoms with Gasteiger partial charge in [-0.15, -0.1) is 11.3 Å². The average Bonchev–Trinajstić information content (AvgIpc) is 3.23. The predicted molar refractivity (Wildman–Crippen MR) is 135 cm³/mol. The number of ether oxygens (including phenoxy) is 1. The fraction of sp³-hybridized carbons (Fsp3) is 0.333. The maximum absolute atomic E-state index is 13.3. The van der Waals surface area contributed by atoms with Crippen molar-refractivity contribution in [2.75, 3.05) is 13.7 Å². The highest BCUT2D eigenvalue weighted by Crippen LogP contribution is 2.33. The van der Waals surface area contributed by atoms with Crippen molar-refractivity contribution in [3.63, 3.8) is 0 Å². The van der Waals surface area contributed by atoms with Crippen molar-refractivity contribution < 1.29 is 4.74 Å². The molecular weight excluding hydrogens is 430 g/mol. The number of benzene rings is 2. The van der Waals surface area contributed by atoms with Crippen molar-refractivity contribution in [3.8, 4) is 5.75 Å². The molecule has 33 heavy (non-hydrogen) atoms. The average molecular weight is 460 g/mol. The molecule has 2 aromatic heterocycles. The molecule has 1 atom stereocenters. The number of hydrogen-bond acceptors (Lipinski definition) is 5. The number of fused-ring (bicyclic) bond motifs is 3. The molecule has 0 fully saturated rings. The fourth-order valence-corrected chi connectivity index (χ4v) is 6.01. The Labute approximate surface area is 198 Å². The second kappa shape index (κ2) is 9.89. The zero-order valence-corrected chi connectivity index (χ0v) is 19.7. The monoisotopic (exact) mass is 459 g/mol. The summed E-state index contributed by atoms with van der Waals surface area (Å²) in [5, 5.41) is 4.56. The van der Waals surface area contributed by atoms with Crippen molar-refractivity contribution in [1.29, 1.82) is 0 Å². The summed E-state index contributed by atoms with van der Waals surface area (Å²) in [5.74, 6) is 0.860. The Balaban J connectivity index is 1.28. The number of hydrogen-bond donors (Lipinski definition) is 1. The molecule has 0 spiro atoms. The highest BCUT2D eigenvalue weighted by molar-refractivity contribution is 7.18. The Morgan fingerprint density at radius 1 is 1.12 bits per heavy atom. The topological polar surface area (TPSA) is 56.2 Å². The van der Waals surface area contributed by atoms with E-state index in [4.69, 9.17) is 4.74 Å². The van der Waals surface area contributed by atoms with Crippen LogP contribution in [0.15, 0.2) is 65.7 Å². The summed E-state index contributed by atoms with van der Waals surface area (Å²) in [6, 6.07) is 19.0. The van der Waals surface area contributed by atoms with Crippen LogP contribution in [0.25, 0.3) is 10.2 Å². The zero-order valence-electron chi connectivity index (χ0n) is 18.9. The molecule has 170 valence electrons. The second-order valence-corrected chi connectivity index (χ2v) is 9.70. The van der Waals surface area contributed by atoms with Gasteiger partial charge < -0.3 is 10.1 Å². The Hall–Kier alpha value is -2.96. The van der Waals surface area contributed by atoms with E-state index in [1.54, 1.807) is 29.3 Å². The van der Waals surface area contributed by atoms with Gasteiger partial charge in [0.1, 0.15) is 10.6 Å². The molecular formula is C27H29N3O2S. The molecule has 4 aromatic rings. The van der Waals surface area contributed by atoms with Crippen LogP contribution in [0.2, 0.25) is 0 Å². The van der Waals surface area contributed by atoms with Gasteiger partial charge in [0.05, 0.1) is 18.8 Å². The molecule has 5 rings (SSSR count). The van der Waals surface area contributed by atoms with E-state index < -0.39 is 0 Å². The summed E-state index contributed by atoms with van der Waals surface area (Å²) in [6.07, 6.45) is 6.45. The van der Waals surface area contributed by atoms with Crippen LogP contribution in [-0.4, -0.2) is 29.2 Å². The molecule has 1 N–H and O–H groups in total. The Bertz CT molecular complexity index is 1300. The summed E-state index contributed by atoms with van der Waals surface area (Å²) in [7, 11) is 1.68. The van der Waals surface area contributed by atoms with Crippen LogP contribution in [-0.2, 0) is 32.2 Å². The quantitative estimate of drug-likeness (QED) is 0.424. The van der Waals surface area contributed by atoms with E-state index >= 15 is 0 Å². The van der Waals surface area contributed by atoms with Crippen molar-refractivity contribution in [2.24, 2.45) is 0 Å². The molecule has 2 aromatic carbocycles. The largest absolute Gasteiger partial charge is 0.496 e. The van der Waals surface area contributed by atoms with Crippen molar-refractivity contribution in [3.05, 3.63) is 92.8 Å². The lowest BCUT2D eigenvalue weighted by Crippen LogP contribution is -2.35. The Kier molecular flexibility index (Phi) is 6.55. The van der Waals surface area contributed by atoms with Gasteiger partial charge in [0.25, 0.3) is 5.56 Å². The van der Waals surface area contributed by atoms with Crippen LogP contribution < -0.4 is 15.6 Å². The standard InChI is InChI=1S/C27H29N3O2S/c1-32-23-10-6-5-9-20(23)14-16-30-18-29-26-25(27(30)31)22-12-11-21(17-24(22)33-26)28-15-13-19-7-3-2-4-8-19/h2-10,18,21,28H,11-17H2,1H3. The van der Waals surface area contributed by atoms with Gasteiger partial charge in [-0.05, 0) is 61.4 Å². The van der Waals surface area contributed by atoms with Gasteiger partial charge in [-0.25, -0.2) is 4.98 Å². The lowest BCUT2D eigenvalue weighted by atomic mass is 9.93. The van der Waals surface area contributed by atoms with E-state index in [1.165, 1.54) is 16.0 Å². The van der Waals surface area contributed by atoms with Crippen LogP contribution in [0.1, 0.15) is 28.0 Å². The van der Waals surface area contributed by atoms with Gasteiger partial charge in [-0.3, -0.25) is 9.36 Å². The molecule has 1 aliphatic rings. The number of aryl methyl sites for hydroxylation is 3. The molecule has 0 aliphatic heterocycles. The number of thiophene rings is 1. The smallest absolute Gasteiger partial charge is 0.262 e. The first-order chi connectivity index (χ1) is 16.2. The van der Waals surface area contributed by atoms with Gasteiger partial charge >= 0.3 is 0 Å². The molecule has 0 saturated carbocycles. The first kappa shape index (κ1) is 21.9. The predicted octanol–water partition coefficient (Wildman–Crippen LogP) is 4.40. The van der Waals surface area contributed by atoms with Crippen molar-refractivity contribution in [2.45, 2.75) is 44.7 Å². The molecule has 0 amide bonds. The molecule has 1 unspecified atom stereocenters. The molecule has 0 radical (unpaired) electrons. The molecule has 6 heteroatoms. The molecule has 2 heterocycles. The number of nitrogens with zero attached hydrogens (tertiary/aromatic N) is 2. The summed E-state index contributed by atoms with van der Waals surface area (Å²) in [4.78, 5) is 20.2. The zero-order chi connectivity index (χ0) is 22.6. The number of aromatic nitrogens is 2. The number of methoxy groups -OCH3 is 1. The number of para-hydroxylation sites is 1. The normalized spacial score (nSPS) is 15.5. The third kappa shape index (κ3) is 4.72. The van der Waals surface area contributed by atoms with Crippen molar-refractivity contribution >= 4 is 21.6 Å². The van der Waals surface area contributed by atoms with E-state index in [0.717, 1.165) is 60.2 Å². The molecule has 5 nitrogen and oxygen atoms in total. The lowest BCUT2D eigenvalue weighted by Gasteiger charge is -2.23. The summed E-state index contributed by atoms with van der Waals surface area (Å²) < 4.78 is 7.21. The maximum Gasteiger partial charge on any atom is 0.262 e. The molecule has 1 aliphatic carbocycles. The van der Waals surface area contributed by atoms with E-state index in [2.05, 4.69) is 40.6 Å². The number of nitrogens with one attached hydrogen (secondary N) is 1. The number of rotatable bonds is 8. The van der Waals surface area contributed by atoms with E-state index in [0.29, 0.717) is 12.6 Å². The highest BCUT2D eigenvalue weighted by atomic mass is 32.1. The van der Waals surface area contributed by atoms with Gasteiger partial charge in [-0.1, -0.05) is 48.5 Å². The minimum absolute atomic E-state index is 0.0860. The minimum atomic E-state index is 0.0860. The van der Waals surface area contributed by atoms with Crippen LogP contribution in [0.4, 0.5) is 0 Å². The fourth-order valence-electron chi connectivity index (χ4n) is 4.75. The molecule has 0 bridgehead atoms. The van der Waals surface area contributed by atoms with E-state index in [9.17, 15) is 4.79 Å². The van der Waals surface area contributed by atoms with Crippen LogP contribution in [0.5, 0.6) is 5.75 Å². The van der Waals surface area contributed by atoms with Gasteiger partial charge in [-0.2, -0.15) is 0 Å². The van der Waals surface area contributed by atoms with Crippen LogP contribution >= 0.6 is 11.3 Å². The summed E-state index contributed by atoms with van der Waals surface area (Å²) >= 11 is 1.69. The van der Waals surface area contributed by atoms with Gasteiger partial charge in [0, 0.05) is 17.5 Å². The Morgan fingerprint density at radius 2 is 1.94 bits per heavy atom. The molecule has 0 saturated heterocycles. The van der Waals surface area contributed by atoms with Crippen LogP contribution in [0, 0.1) is 0 Å². The SMILES string of the molecule is COc1ccccc1CCn1cnc2sc3c(c2c1=O)CCC(NCCc1ccccc1)C3. The van der Waals surface area contributed by atoms with Gasteiger partial charge in [0.15, 0.2) is 0 Å². The van der Waals surface area contributed by atoms with Crippen molar-refractivity contribution in [1.82, 2.24) is 14.9 Å². The van der Waals surface area contributed by atoms with Crippen LogP contribution in [0.3, 0.4) is 0 Å². The second-order valence-electron chi connectivity index (χ2n) is 8.62. The first-order valence-electron chi connectivity index (χ1n) is 11.6. The first-order valence-corrected chi connectivity index (χ1v) is 12.4. The Morgan fingerprint density at radius 3 is 2.79 bits per heavy atom.